The van der Waals surface area contributed by atoms with Crippen LogP contribution in [0.3, 0.4) is 0 Å². The second-order valence-electron chi connectivity index (χ2n) is 5.21. The minimum absolute atomic E-state index is 0.279. The van der Waals surface area contributed by atoms with Gasteiger partial charge < -0.3 is 0 Å². The first kappa shape index (κ1) is 14.6. The molecule has 0 saturated heterocycles. The van der Waals surface area contributed by atoms with Gasteiger partial charge in [0.2, 0.25) is 5.52 Å². The van der Waals surface area contributed by atoms with Crippen molar-refractivity contribution in [2.45, 2.75) is 27.7 Å². The minimum atomic E-state index is -2.06. The third-order valence-corrected chi connectivity index (χ3v) is 4.70. The zero-order valence-electron chi connectivity index (χ0n) is 12.2. The van der Waals surface area contributed by atoms with Crippen molar-refractivity contribution < 1.29 is 9.36 Å². The molecule has 0 aromatic heterocycles. The molecule has 20 heavy (non-hydrogen) atoms. The lowest BCUT2D eigenvalue weighted by atomic mass is 10.0. The Balaban J connectivity index is 2.41. The van der Waals surface area contributed by atoms with E-state index in [4.69, 9.17) is 0 Å². The van der Waals surface area contributed by atoms with E-state index in [2.05, 4.69) is 0 Å². The second-order valence-corrected chi connectivity index (χ2v) is 6.72. The van der Waals surface area contributed by atoms with E-state index < -0.39 is 7.80 Å². The lowest BCUT2D eigenvalue weighted by Gasteiger charge is -2.10. The molecule has 0 spiro atoms. The van der Waals surface area contributed by atoms with Gasteiger partial charge in [0.05, 0.1) is 0 Å². The summed E-state index contributed by atoms with van der Waals surface area (Å²) in [4.78, 5) is 12.5. The van der Waals surface area contributed by atoms with E-state index >= 15 is 0 Å². The molecule has 2 rings (SSSR count). The average molecular weight is 285 g/mol. The first-order valence-corrected chi connectivity index (χ1v) is 7.82. The van der Waals surface area contributed by atoms with E-state index in [1.54, 1.807) is 12.1 Å². The summed E-state index contributed by atoms with van der Waals surface area (Å²) in [5, 5.41) is 0.593. The van der Waals surface area contributed by atoms with Crippen molar-refractivity contribution in [3.8, 4) is 0 Å². The van der Waals surface area contributed by atoms with Gasteiger partial charge in [0.25, 0.3) is 0 Å². The standard InChI is InChI=1S/C17H18O2P/c1-11-5-7-15(8-6-11)20(19)17(18)16-13(3)9-12(2)10-14(16)4/h5-10H,1-4H3. The van der Waals surface area contributed by atoms with Crippen LogP contribution in [0.4, 0.5) is 0 Å². The Morgan fingerprint density at radius 3 is 1.85 bits per heavy atom. The highest BCUT2D eigenvalue weighted by Crippen LogP contribution is 2.30. The van der Waals surface area contributed by atoms with Gasteiger partial charge in [0.1, 0.15) is 0 Å². The first-order valence-electron chi connectivity index (χ1n) is 6.56. The lowest BCUT2D eigenvalue weighted by Crippen LogP contribution is -2.07. The predicted molar refractivity (Wildman–Crippen MR) is 83.4 cm³/mol. The molecule has 0 aliphatic carbocycles. The Hall–Kier alpha value is -1.79. The SMILES string of the molecule is Cc1ccc([P](=O)C(=O)c2c(C)cc(C)cc2C)cc1. The Kier molecular flexibility index (Phi) is 4.15. The quantitative estimate of drug-likeness (QED) is 0.791. The van der Waals surface area contributed by atoms with Gasteiger partial charge in [-0.2, -0.15) is 0 Å². The minimum Gasteiger partial charge on any atom is -0.281 e. The molecule has 0 aliphatic rings. The van der Waals surface area contributed by atoms with Gasteiger partial charge in [-0.15, -0.1) is 0 Å². The number of hydrogen-bond acceptors (Lipinski definition) is 2. The molecular formula is C17H18O2P. The van der Waals surface area contributed by atoms with E-state index in [9.17, 15) is 9.36 Å². The highest BCUT2D eigenvalue weighted by molar-refractivity contribution is 7.71. The summed E-state index contributed by atoms with van der Waals surface area (Å²) < 4.78 is 12.4. The third-order valence-electron chi connectivity index (χ3n) is 3.34. The number of rotatable bonds is 3. The Morgan fingerprint density at radius 1 is 0.850 bits per heavy atom. The molecule has 2 aromatic carbocycles. The van der Waals surface area contributed by atoms with Crippen molar-refractivity contribution in [3.05, 3.63) is 64.2 Å². The normalized spacial score (nSPS) is 11.3. The molecule has 0 aliphatic heterocycles. The molecule has 1 atom stereocenters. The van der Waals surface area contributed by atoms with Crippen LogP contribution in [-0.4, -0.2) is 5.52 Å². The second kappa shape index (κ2) is 5.68. The topological polar surface area (TPSA) is 34.1 Å². The first-order chi connectivity index (χ1) is 9.40. The van der Waals surface area contributed by atoms with Crippen molar-refractivity contribution in [2.24, 2.45) is 0 Å². The molecule has 0 bridgehead atoms. The number of carbonyl (C=O) groups is 1. The molecule has 103 valence electrons. The molecule has 1 radical (unpaired) electrons. The highest BCUT2D eigenvalue weighted by Gasteiger charge is 2.21. The van der Waals surface area contributed by atoms with Crippen LogP contribution >= 0.6 is 7.80 Å². The number of aryl methyl sites for hydroxylation is 4. The maximum atomic E-state index is 12.5. The summed E-state index contributed by atoms with van der Waals surface area (Å²) in [6.07, 6.45) is 0. The van der Waals surface area contributed by atoms with E-state index in [0.29, 0.717) is 10.9 Å². The fraction of sp³-hybridized carbons (Fsp3) is 0.235. The fourth-order valence-electron chi connectivity index (χ4n) is 2.42. The van der Waals surface area contributed by atoms with Gasteiger partial charge in [-0.25, -0.2) is 0 Å². The maximum Gasteiger partial charge on any atom is 0.247 e. The summed E-state index contributed by atoms with van der Waals surface area (Å²) in [7, 11) is -2.06. The van der Waals surface area contributed by atoms with E-state index in [1.807, 2.05) is 52.0 Å². The largest absolute Gasteiger partial charge is 0.281 e. The lowest BCUT2D eigenvalue weighted by molar-refractivity contribution is 0.107. The van der Waals surface area contributed by atoms with Crippen molar-refractivity contribution in [1.82, 2.24) is 0 Å². The molecule has 0 N–H and O–H groups in total. The zero-order chi connectivity index (χ0) is 14.9. The molecule has 0 saturated carbocycles. The Bertz CT molecular complexity index is 662. The van der Waals surface area contributed by atoms with Gasteiger partial charge in [0.15, 0.2) is 7.80 Å². The monoisotopic (exact) mass is 285 g/mol. The summed E-state index contributed by atoms with van der Waals surface area (Å²) in [6.45, 7) is 7.75. The van der Waals surface area contributed by atoms with Gasteiger partial charge in [-0.05, 0) is 51.0 Å². The predicted octanol–water partition coefficient (Wildman–Crippen LogP) is 4.21. The maximum absolute atomic E-state index is 12.5. The number of benzene rings is 2. The zero-order valence-corrected chi connectivity index (χ0v) is 13.1. The molecular weight excluding hydrogens is 267 g/mol. The Labute approximate surface area is 120 Å². The van der Waals surface area contributed by atoms with Crippen LogP contribution < -0.4 is 5.30 Å². The van der Waals surface area contributed by atoms with Crippen molar-refractivity contribution in [1.29, 1.82) is 0 Å². The van der Waals surface area contributed by atoms with E-state index in [0.717, 1.165) is 22.3 Å². The van der Waals surface area contributed by atoms with Crippen LogP contribution in [0.1, 0.15) is 32.6 Å². The molecule has 0 heterocycles. The van der Waals surface area contributed by atoms with Crippen LogP contribution in [0, 0.1) is 27.7 Å². The number of hydrogen-bond donors (Lipinski definition) is 0. The van der Waals surface area contributed by atoms with Crippen LogP contribution in [0.2, 0.25) is 0 Å². The summed E-state index contributed by atoms with van der Waals surface area (Å²) in [5.41, 5.74) is 4.30. The van der Waals surface area contributed by atoms with Gasteiger partial charge in [-0.3, -0.25) is 9.36 Å². The van der Waals surface area contributed by atoms with Crippen LogP contribution in [0.25, 0.3) is 0 Å². The van der Waals surface area contributed by atoms with Crippen molar-refractivity contribution in [3.63, 3.8) is 0 Å². The third kappa shape index (κ3) is 2.86. The highest BCUT2D eigenvalue weighted by atomic mass is 31.1. The molecule has 1 unspecified atom stereocenters. The molecule has 2 aromatic rings. The van der Waals surface area contributed by atoms with Crippen LogP contribution in [0.5, 0.6) is 0 Å². The van der Waals surface area contributed by atoms with Gasteiger partial charge in [-0.1, -0.05) is 35.4 Å². The van der Waals surface area contributed by atoms with Crippen molar-refractivity contribution in [2.75, 3.05) is 0 Å². The van der Waals surface area contributed by atoms with Crippen LogP contribution in [0.15, 0.2) is 36.4 Å². The Morgan fingerprint density at radius 2 is 1.35 bits per heavy atom. The summed E-state index contributed by atoms with van der Waals surface area (Å²) in [6, 6.07) is 11.2. The molecule has 0 fully saturated rings. The molecule has 3 heteroatoms. The summed E-state index contributed by atoms with van der Waals surface area (Å²) >= 11 is 0. The van der Waals surface area contributed by atoms with Gasteiger partial charge in [0, 0.05) is 10.9 Å². The number of carbonyl (C=O) groups excluding carboxylic acids is 1. The van der Waals surface area contributed by atoms with Crippen molar-refractivity contribution >= 4 is 18.6 Å². The van der Waals surface area contributed by atoms with Gasteiger partial charge >= 0.3 is 0 Å². The van der Waals surface area contributed by atoms with E-state index in [1.165, 1.54) is 0 Å². The summed E-state index contributed by atoms with van der Waals surface area (Å²) in [5.74, 6) is 0. The molecule has 2 nitrogen and oxygen atoms in total. The van der Waals surface area contributed by atoms with E-state index in [-0.39, 0.29) is 5.52 Å². The average Bonchev–Trinajstić information content (AvgIpc) is 2.37. The smallest absolute Gasteiger partial charge is 0.247 e. The van der Waals surface area contributed by atoms with Crippen LogP contribution in [-0.2, 0) is 4.57 Å². The fourth-order valence-corrected chi connectivity index (χ4v) is 3.63. The molecule has 0 amide bonds.